The van der Waals surface area contributed by atoms with Gasteiger partial charge in [-0.3, -0.25) is 4.79 Å². The SMILES string of the molecule is O=C(Cl)c1c(Cl)c(Cl)cc2c1Nc1ccccc1S2. The summed E-state index contributed by atoms with van der Waals surface area (Å²) in [5.74, 6) is 0. The third-order valence-electron chi connectivity index (χ3n) is 2.75. The van der Waals surface area contributed by atoms with E-state index in [2.05, 4.69) is 5.32 Å². The van der Waals surface area contributed by atoms with Crippen LogP contribution in [-0.4, -0.2) is 5.24 Å². The minimum absolute atomic E-state index is 0.174. The lowest BCUT2D eigenvalue weighted by atomic mass is 10.1. The first-order valence-electron chi connectivity index (χ1n) is 5.33. The second-order valence-electron chi connectivity index (χ2n) is 3.92. The van der Waals surface area contributed by atoms with Gasteiger partial charge in [0.05, 0.1) is 27.0 Å². The second-order valence-corrected chi connectivity index (χ2v) is 6.13. The van der Waals surface area contributed by atoms with Crippen LogP contribution >= 0.6 is 46.6 Å². The summed E-state index contributed by atoms with van der Waals surface area (Å²) < 4.78 is 0. The van der Waals surface area contributed by atoms with Gasteiger partial charge in [-0.2, -0.15) is 0 Å². The van der Waals surface area contributed by atoms with E-state index in [1.54, 1.807) is 6.07 Å². The second kappa shape index (κ2) is 4.91. The van der Waals surface area contributed by atoms with Gasteiger partial charge in [-0.25, -0.2) is 0 Å². The van der Waals surface area contributed by atoms with Gasteiger partial charge in [-0.1, -0.05) is 47.1 Å². The largest absolute Gasteiger partial charge is 0.353 e. The lowest BCUT2D eigenvalue weighted by molar-refractivity contribution is 0.108. The molecule has 0 amide bonds. The van der Waals surface area contributed by atoms with Crippen LogP contribution in [0.25, 0.3) is 0 Å². The Morgan fingerprint density at radius 2 is 1.89 bits per heavy atom. The van der Waals surface area contributed by atoms with Crippen LogP contribution in [0.2, 0.25) is 10.0 Å². The summed E-state index contributed by atoms with van der Waals surface area (Å²) in [5, 5.41) is 3.05. The molecule has 96 valence electrons. The molecule has 0 aliphatic carbocycles. The van der Waals surface area contributed by atoms with Crippen molar-refractivity contribution >= 4 is 63.2 Å². The first-order valence-corrected chi connectivity index (χ1v) is 7.28. The quantitative estimate of drug-likeness (QED) is 0.590. The molecule has 2 aromatic rings. The Morgan fingerprint density at radius 3 is 2.63 bits per heavy atom. The first-order chi connectivity index (χ1) is 9.08. The van der Waals surface area contributed by atoms with Crippen molar-refractivity contribution in [1.82, 2.24) is 0 Å². The molecule has 1 aliphatic rings. The van der Waals surface area contributed by atoms with Crippen molar-refractivity contribution in [3.05, 3.63) is 45.9 Å². The molecule has 2 aromatic carbocycles. The monoisotopic (exact) mass is 329 g/mol. The maximum absolute atomic E-state index is 11.6. The number of carbonyl (C=O) groups excluding carboxylic acids is 1. The Kier molecular flexibility index (Phi) is 3.39. The van der Waals surface area contributed by atoms with E-state index < -0.39 is 5.24 Å². The summed E-state index contributed by atoms with van der Waals surface area (Å²) in [4.78, 5) is 13.5. The smallest absolute Gasteiger partial charge is 0.256 e. The molecule has 1 aliphatic heterocycles. The predicted molar refractivity (Wildman–Crippen MR) is 80.5 cm³/mol. The number of fused-ring (bicyclic) bond motifs is 2. The van der Waals surface area contributed by atoms with Crippen molar-refractivity contribution in [2.24, 2.45) is 0 Å². The summed E-state index contributed by atoms with van der Waals surface area (Å²) in [6.45, 7) is 0. The van der Waals surface area contributed by atoms with E-state index in [4.69, 9.17) is 34.8 Å². The van der Waals surface area contributed by atoms with E-state index >= 15 is 0 Å². The molecule has 19 heavy (non-hydrogen) atoms. The van der Waals surface area contributed by atoms with Gasteiger partial charge in [-0.15, -0.1) is 0 Å². The molecular weight excluding hydrogens is 325 g/mol. The third kappa shape index (κ3) is 2.21. The fourth-order valence-electron chi connectivity index (χ4n) is 1.90. The maximum Gasteiger partial charge on any atom is 0.256 e. The van der Waals surface area contributed by atoms with Gasteiger partial charge in [0.1, 0.15) is 0 Å². The standard InChI is InChI=1S/C13H6Cl3NOS/c14-6-5-9-12(10(11(6)15)13(16)18)17-7-3-1-2-4-8(7)19-9/h1-5,17H. The number of anilines is 2. The van der Waals surface area contributed by atoms with Crippen LogP contribution < -0.4 is 5.32 Å². The number of benzene rings is 2. The highest BCUT2D eigenvalue weighted by Gasteiger charge is 2.25. The summed E-state index contributed by atoms with van der Waals surface area (Å²) >= 11 is 19.2. The molecule has 2 nitrogen and oxygen atoms in total. The van der Waals surface area contributed by atoms with E-state index in [0.29, 0.717) is 10.7 Å². The molecule has 0 bridgehead atoms. The van der Waals surface area contributed by atoms with E-state index in [1.807, 2.05) is 24.3 Å². The van der Waals surface area contributed by atoms with Crippen molar-refractivity contribution in [3.8, 4) is 0 Å². The van der Waals surface area contributed by atoms with Crippen molar-refractivity contribution < 1.29 is 4.79 Å². The highest BCUT2D eigenvalue weighted by atomic mass is 35.5. The number of hydrogen-bond donors (Lipinski definition) is 1. The predicted octanol–water partition coefficient (Wildman–Crippen LogP) is 5.58. The van der Waals surface area contributed by atoms with Gasteiger partial charge < -0.3 is 5.32 Å². The number of halogens is 3. The highest BCUT2D eigenvalue weighted by Crippen LogP contribution is 2.49. The van der Waals surface area contributed by atoms with Crippen molar-refractivity contribution in [2.45, 2.75) is 9.79 Å². The summed E-state index contributed by atoms with van der Waals surface area (Å²) in [6.07, 6.45) is 0. The van der Waals surface area contributed by atoms with Crippen LogP contribution in [0, 0.1) is 0 Å². The molecule has 1 N–H and O–H groups in total. The highest BCUT2D eigenvalue weighted by molar-refractivity contribution is 7.99. The molecule has 0 atom stereocenters. The normalized spacial score (nSPS) is 12.4. The zero-order valence-corrected chi connectivity index (χ0v) is 12.4. The van der Waals surface area contributed by atoms with Gasteiger partial charge in [0.15, 0.2) is 0 Å². The number of para-hydroxylation sites is 1. The van der Waals surface area contributed by atoms with Gasteiger partial charge in [0.25, 0.3) is 5.24 Å². The van der Waals surface area contributed by atoms with Gasteiger partial charge in [-0.05, 0) is 29.8 Å². The van der Waals surface area contributed by atoms with Crippen molar-refractivity contribution in [3.63, 3.8) is 0 Å². The molecule has 0 spiro atoms. The Balaban J connectivity index is 2.23. The minimum atomic E-state index is -0.628. The summed E-state index contributed by atoms with van der Waals surface area (Å²) in [7, 11) is 0. The maximum atomic E-state index is 11.6. The average molecular weight is 331 g/mol. The van der Waals surface area contributed by atoms with Crippen LogP contribution in [0.5, 0.6) is 0 Å². The fraction of sp³-hybridized carbons (Fsp3) is 0. The van der Waals surface area contributed by atoms with Crippen molar-refractivity contribution in [1.29, 1.82) is 0 Å². The molecule has 1 heterocycles. The number of hydrogen-bond acceptors (Lipinski definition) is 3. The van der Waals surface area contributed by atoms with Crippen LogP contribution in [-0.2, 0) is 0 Å². The van der Waals surface area contributed by atoms with Gasteiger partial charge in [0, 0.05) is 9.79 Å². The summed E-state index contributed by atoms with van der Waals surface area (Å²) in [5.41, 5.74) is 1.74. The van der Waals surface area contributed by atoms with Gasteiger partial charge >= 0.3 is 0 Å². The lowest BCUT2D eigenvalue weighted by Crippen LogP contribution is -2.06. The van der Waals surface area contributed by atoms with Gasteiger partial charge in [0.2, 0.25) is 0 Å². The van der Waals surface area contributed by atoms with Crippen LogP contribution in [0.1, 0.15) is 10.4 Å². The van der Waals surface area contributed by atoms with Crippen LogP contribution in [0.15, 0.2) is 40.1 Å². The number of nitrogens with one attached hydrogen (secondary N) is 1. The molecule has 0 aromatic heterocycles. The van der Waals surface area contributed by atoms with E-state index in [1.165, 1.54) is 11.8 Å². The van der Waals surface area contributed by atoms with Crippen LogP contribution in [0.3, 0.4) is 0 Å². The van der Waals surface area contributed by atoms with E-state index in [0.717, 1.165) is 15.5 Å². The first kappa shape index (κ1) is 13.1. The molecular formula is C13H6Cl3NOS. The number of rotatable bonds is 1. The van der Waals surface area contributed by atoms with Crippen LogP contribution in [0.4, 0.5) is 11.4 Å². The van der Waals surface area contributed by atoms with E-state index in [-0.39, 0.29) is 10.6 Å². The molecule has 0 fully saturated rings. The third-order valence-corrected chi connectivity index (χ3v) is 4.84. The molecule has 0 saturated carbocycles. The van der Waals surface area contributed by atoms with E-state index in [9.17, 15) is 4.79 Å². The molecule has 6 heteroatoms. The molecule has 3 rings (SSSR count). The number of carbonyl (C=O) groups is 1. The Bertz CT molecular complexity index is 703. The molecule has 0 unspecified atom stereocenters. The molecule has 0 radical (unpaired) electrons. The fourth-order valence-corrected chi connectivity index (χ4v) is 3.69. The zero-order valence-electron chi connectivity index (χ0n) is 9.34. The summed E-state index contributed by atoms with van der Waals surface area (Å²) in [6, 6.07) is 9.51. The van der Waals surface area contributed by atoms with Crippen molar-refractivity contribution in [2.75, 3.05) is 5.32 Å². The minimum Gasteiger partial charge on any atom is -0.353 e. The Hall–Kier alpha value is -0.870. The average Bonchev–Trinajstić information content (AvgIpc) is 2.37. The topological polar surface area (TPSA) is 29.1 Å². The zero-order chi connectivity index (χ0) is 13.6. The Labute approximate surface area is 129 Å². The Morgan fingerprint density at radius 1 is 1.16 bits per heavy atom. The lowest BCUT2D eigenvalue weighted by Gasteiger charge is -2.23. The molecule has 0 saturated heterocycles.